The van der Waals surface area contributed by atoms with Crippen molar-refractivity contribution < 1.29 is 23.5 Å². The number of fused-ring (bicyclic) bond motifs is 1. The number of hydrogen-bond donors (Lipinski definition) is 2. The average molecular weight is 357 g/mol. The molecular weight excluding hydrogens is 338 g/mol. The Hall–Kier alpha value is -3.29. The van der Waals surface area contributed by atoms with Crippen molar-refractivity contribution in [3.63, 3.8) is 0 Å². The Balaban J connectivity index is 1.64. The van der Waals surface area contributed by atoms with Gasteiger partial charge in [0.25, 0.3) is 11.8 Å². The van der Waals surface area contributed by atoms with Gasteiger partial charge in [-0.25, -0.2) is 5.43 Å². The zero-order chi connectivity index (χ0) is 18.5. The van der Waals surface area contributed by atoms with Crippen LogP contribution >= 0.6 is 0 Å². The zero-order valence-corrected chi connectivity index (χ0v) is 14.4. The van der Waals surface area contributed by atoms with Gasteiger partial charge in [-0.1, -0.05) is 13.8 Å². The van der Waals surface area contributed by atoms with E-state index >= 15 is 0 Å². The van der Waals surface area contributed by atoms with Crippen LogP contribution in [0.4, 0.5) is 0 Å². The number of ether oxygens (including phenoxy) is 2. The van der Waals surface area contributed by atoms with Crippen molar-refractivity contribution in [1.82, 2.24) is 10.7 Å². The predicted molar refractivity (Wildman–Crippen MR) is 93.1 cm³/mol. The van der Waals surface area contributed by atoms with Crippen LogP contribution in [0.2, 0.25) is 0 Å². The molecule has 2 amide bonds. The van der Waals surface area contributed by atoms with E-state index < -0.39 is 11.9 Å². The van der Waals surface area contributed by atoms with E-state index in [0.717, 1.165) is 0 Å². The van der Waals surface area contributed by atoms with Crippen LogP contribution in [0.5, 0.6) is 11.5 Å². The highest BCUT2D eigenvalue weighted by atomic mass is 16.7. The fourth-order valence-corrected chi connectivity index (χ4v) is 2.39. The molecule has 0 aliphatic carbocycles. The Kier molecular flexibility index (Phi) is 5.21. The van der Waals surface area contributed by atoms with Crippen LogP contribution in [-0.2, 0) is 4.79 Å². The number of benzene rings is 1. The van der Waals surface area contributed by atoms with Crippen LogP contribution in [0.15, 0.2) is 46.1 Å². The molecule has 2 aromatic rings. The van der Waals surface area contributed by atoms with E-state index in [4.69, 9.17) is 13.9 Å². The second-order valence-corrected chi connectivity index (χ2v) is 6.01. The van der Waals surface area contributed by atoms with E-state index in [1.165, 1.54) is 12.5 Å². The van der Waals surface area contributed by atoms with Gasteiger partial charge < -0.3 is 19.2 Å². The Bertz CT molecular complexity index is 814. The first-order chi connectivity index (χ1) is 12.5. The largest absolute Gasteiger partial charge is 0.463 e. The monoisotopic (exact) mass is 357 g/mol. The van der Waals surface area contributed by atoms with Gasteiger partial charge in [0.05, 0.1) is 12.5 Å². The van der Waals surface area contributed by atoms with Crippen LogP contribution in [0, 0.1) is 5.92 Å². The predicted octanol–water partition coefficient (Wildman–Crippen LogP) is 1.91. The van der Waals surface area contributed by atoms with Crippen LogP contribution in [0.25, 0.3) is 0 Å². The standard InChI is InChI=1S/C18H19N3O5/c1-11(2)16(18(23)21-19-9-13-4-3-7-24-13)20-17(22)12-5-6-14-15(8-12)26-10-25-14/h3-9,11,16H,10H2,1-2H3,(H,20,22)(H,21,23)/b19-9+. The summed E-state index contributed by atoms with van der Waals surface area (Å²) < 4.78 is 15.6. The summed E-state index contributed by atoms with van der Waals surface area (Å²) >= 11 is 0. The third-order valence-electron chi connectivity index (χ3n) is 3.78. The van der Waals surface area contributed by atoms with Gasteiger partial charge in [-0.2, -0.15) is 5.10 Å². The van der Waals surface area contributed by atoms with Gasteiger partial charge in [-0.15, -0.1) is 0 Å². The Morgan fingerprint density at radius 2 is 2.00 bits per heavy atom. The number of hydrazone groups is 1. The molecule has 0 saturated carbocycles. The van der Waals surface area contributed by atoms with Crippen LogP contribution in [0.1, 0.15) is 30.0 Å². The van der Waals surface area contributed by atoms with Crippen molar-refractivity contribution >= 4 is 18.0 Å². The molecule has 0 spiro atoms. The number of rotatable bonds is 6. The second-order valence-electron chi connectivity index (χ2n) is 6.01. The third-order valence-corrected chi connectivity index (χ3v) is 3.78. The van der Waals surface area contributed by atoms with E-state index in [9.17, 15) is 9.59 Å². The summed E-state index contributed by atoms with van der Waals surface area (Å²) in [4.78, 5) is 24.8. The van der Waals surface area contributed by atoms with E-state index in [2.05, 4.69) is 15.8 Å². The number of nitrogens with zero attached hydrogens (tertiary/aromatic N) is 1. The first-order valence-corrected chi connectivity index (χ1v) is 8.11. The molecular formula is C18H19N3O5. The molecule has 2 heterocycles. The molecule has 136 valence electrons. The van der Waals surface area contributed by atoms with Crippen LogP contribution < -0.4 is 20.2 Å². The van der Waals surface area contributed by atoms with Gasteiger partial charge in [-0.05, 0) is 36.2 Å². The number of carbonyl (C=O) groups is 2. The number of nitrogens with one attached hydrogen (secondary N) is 2. The van der Waals surface area contributed by atoms with Crippen molar-refractivity contribution in [1.29, 1.82) is 0 Å². The maximum atomic E-state index is 12.5. The molecule has 0 fully saturated rings. The lowest BCUT2D eigenvalue weighted by molar-refractivity contribution is -0.123. The van der Waals surface area contributed by atoms with Crippen molar-refractivity contribution in [3.05, 3.63) is 47.9 Å². The number of hydrogen-bond acceptors (Lipinski definition) is 6. The minimum Gasteiger partial charge on any atom is -0.463 e. The second kappa shape index (κ2) is 7.73. The first kappa shape index (κ1) is 17.5. The fraction of sp³-hybridized carbons (Fsp3) is 0.278. The summed E-state index contributed by atoms with van der Waals surface area (Å²) in [5, 5.41) is 6.56. The van der Waals surface area contributed by atoms with Gasteiger partial charge in [0.1, 0.15) is 11.8 Å². The number of furan rings is 1. The van der Waals surface area contributed by atoms with E-state index in [0.29, 0.717) is 22.8 Å². The topological polar surface area (TPSA) is 102 Å². The molecule has 8 heteroatoms. The smallest absolute Gasteiger partial charge is 0.262 e. The maximum Gasteiger partial charge on any atom is 0.262 e. The average Bonchev–Trinajstić information content (AvgIpc) is 3.29. The van der Waals surface area contributed by atoms with Gasteiger partial charge in [0.15, 0.2) is 11.5 Å². The summed E-state index contributed by atoms with van der Waals surface area (Å²) in [5.41, 5.74) is 2.79. The Morgan fingerprint density at radius 1 is 1.19 bits per heavy atom. The molecule has 0 saturated heterocycles. The molecule has 1 aliphatic heterocycles. The highest BCUT2D eigenvalue weighted by Gasteiger charge is 2.25. The van der Waals surface area contributed by atoms with E-state index in [1.807, 2.05) is 13.8 Å². The Labute approximate surface area is 150 Å². The van der Waals surface area contributed by atoms with Crippen molar-refractivity contribution in [2.75, 3.05) is 6.79 Å². The SMILES string of the molecule is CC(C)C(NC(=O)c1ccc2c(c1)OCO2)C(=O)N/N=C/c1ccco1. The lowest BCUT2D eigenvalue weighted by atomic mass is 10.0. The molecule has 26 heavy (non-hydrogen) atoms. The zero-order valence-electron chi connectivity index (χ0n) is 14.4. The lowest BCUT2D eigenvalue weighted by Crippen LogP contribution is -2.48. The maximum absolute atomic E-state index is 12.5. The summed E-state index contributed by atoms with van der Waals surface area (Å²) in [5.74, 6) is 0.671. The minimum absolute atomic E-state index is 0.130. The molecule has 1 aliphatic rings. The van der Waals surface area contributed by atoms with Gasteiger partial charge >= 0.3 is 0 Å². The Morgan fingerprint density at radius 3 is 2.73 bits per heavy atom. The van der Waals surface area contributed by atoms with Gasteiger partial charge in [-0.3, -0.25) is 9.59 Å². The quantitative estimate of drug-likeness (QED) is 0.607. The minimum atomic E-state index is -0.748. The van der Waals surface area contributed by atoms with Gasteiger partial charge in [0, 0.05) is 5.56 Å². The molecule has 1 aromatic heterocycles. The highest BCUT2D eigenvalue weighted by molar-refractivity contribution is 5.98. The van der Waals surface area contributed by atoms with Crippen LogP contribution in [0.3, 0.4) is 0 Å². The van der Waals surface area contributed by atoms with Crippen LogP contribution in [-0.4, -0.2) is 30.9 Å². The van der Waals surface area contributed by atoms with Crippen molar-refractivity contribution in [2.45, 2.75) is 19.9 Å². The number of carbonyl (C=O) groups excluding carboxylic acids is 2. The molecule has 1 atom stereocenters. The number of amides is 2. The normalized spacial score (nSPS) is 13.8. The molecule has 0 bridgehead atoms. The molecule has 0 radical (unpaired) electrons. The lowest BCUT2D eigenvalue weighted by Gasteiger charge is -2.20. The third kappa shape index (κ3) is 4.02. The molecule has 3 rings (SSSR count). The van der Waals surface area contributed by atoms with E-state index in [1.54, 1.807) is 30.3 Å². The van der Waals surface area contributed by atoms with E-state index in [-0.39, 0.29) is 18.6 Å². The summed E-state index contributed by atoms with van der Waals surface area (Å²) in [7, 11) is 0. The fourth-order valence-electron chi connectivity index (χ4n) is 2.39. The summed E-state index contributed by atoms with van der Waals surface area (Å²) in [6.45, 7) is 3.80. The summed E-state index contributed by atoms with van der Waals surface area (Å²) in [6.07, 6.45) is 2.89. The molecule has 2 N–H and O–H groups in total. The molecule has 8 nitrogen and oxygen atoms in total. The molecule has 1 unspecified atom stereocenters. The van der Waals surface area contributed by atoms with Crippen molar-refractivity contribution in [2.24, 2.45) is 11.0 Å². The summed E-state index contributed by atoms with van der Waals surface area (Å²) in [6, 6.07) is 7.54. The van der Waals surface area contributed by atoms with Crippen molar-refractivity contribution in [3.8, 4) is 11.5 Å². The first-order valence-electron chi connectivity index (χ1n) is 8.11. The molecule has 1 aromatic carbocycles. The highest BCUT2D eigenvalue weighted by Crippen LogP contribution is 2.32. The van der Waals surface area contributed by atoms with Gasteiger partial charge in [0.2, 0.25) is 6.79 Å².